The summed E-state index contributed by atoms with van der Waals surface area (Å²) in [5.41, 5.74) is 2.37. The molecule has 0 aromatic heterocycles. The fourth-order valence-electron chi connectivity index (χ4n) is 2.70. The number of hydrogen-bond donors (Lipinski definition) is 1. The topological polar surface area (TPSA) is 20.2 Å². The molecular weight excluding hydrogens is 196 g/mol. The first-order chi connectivity index (χ1) is 7.50. The zero-order valence-electron chi connectivity index (χ0n) is 10.3. The van der Waals surface area contributed by atoms with E-state index in [-0.39, 0.29) is 11.5 Å². The summed E-state index contributed by atoms with van der Waals surface area (Å²) >= 11 is 0. The number of benzene rings is 1. The van der Waals surface area contributed by atoms with Crippen LogP contribution in [0.4, 0.5) is 0 Å². The van der Waals surface area contributed by atoms with Gasteiger partial charge in [-0.3, -0.25) is 0 Å². The minimum Gasteiger partial charge on any atom is -0.388 e. The fraction of sp³-hybridized carbons (Fsp3) is 0.467. The lowest BCUT2D eigenvalue weighted by molar-refractivity contribution is 0.105. The van der Waals surface area contributed by atoms with Crippen LogP contribution in [0.25, 0.3) is 6.08 Å². The Morgan fingerprint density at radius 1 is 1.25 bits per heavy atom. The van der Waals surface area contributed by atoms with E-state index in [0.29, 0.717) is 5.92 Å². The summed E-state index contributed by atoms with van der Waals surface area (Å²) in [6.07, 6.45) is 2.90. The standard InChI is InChI=1S/C15H20O/c1-11-10-15(2,3)14(16)13(11)9-12-7-5-4-6-8-12/h4-9,11,14,16H,10H2,1-3H3/b13-9+. The van der Waals surface area contributed by atoms with Gasteiger partial charge in [0, 0.05) is 0 Å². The van der Waals surface area contributed by atoms with Crippen molar-refractivity contribution in [1.29, 1.82) is 0 Å². The molecule has 0 bridgehead atoms. The molecule has 1 aliphatic carbocycles. The smallest absolute Gasteiger partial charge is 0.0807 e. The van der Waals surface area contributed by atoms with Gasteiger partial charge in [-0.2, -0.15) is 0 Å². The third-order valence-electron chi connectivity index (χ3n) is 3.59. The number of aliphatic hydroxyl groups is 1. The maximum atomic E-state index is 10.3. The van der Waals surface area contributed by atoms with E-state index < -0.39 is 0 Å². The maximum absolute atomic E-state index is 10.3. The molecule has 1 saturated carbocycles. The van der Waals surface area contributed by atoms with Crippen LogP contribution in [0.15, 0.2) is 35.9 Å². The average molecular weight is 216 g/mol. The Bertz CT molecular complexity index is 389. The van der Waals surface area contributed by atoms with Crippen molar-refractivity contribution >= 4 is 6.08 Å². The Hall–Kier alpha value is -1.08. The SMILES string of the molecule is CC1CC(C)(C)C(O)/C1=C/c1ccccc1. The molecule has 1 aliphatic rings. The lowest BCUT2D eigenvalue weighted by Crippen LogP contribution is -2.23. The second kappa shape index (κ2) is 4.06. The van der Waals surface area contributed by atoms with E-state index >= 15 is 0 Å². The molecule has 2 atom stereocenters. The Morgan fingerprint density at radius 2 is 1.88 bits per heavy atom. The van der Waals surface area contributed by atoms with Gasteiger partial charge in [0.15, 0.2) is 0 Å². The van der Waals surface area contributed by atoms with E-state index in [2.05, 4.69) is 39.0 Å². The highest BCUT2D eigenvalue weighted by Crippen LogP contribution is 2.45. The molecule has 1 N–H and O–H groups in total. The summed E-state index contributed by atoms with van der Waals surface area (Å²) < 4.78 is 0. The molecule has 0 spiro atoms. The molecule has 1 nitrogen and oxygen atoms in total. The molecule has 1 aromatic rings. The largest absolute Gasteiger partial charge is 0.388 e. The van der Waals surface area contributed by atoms with E-state index in [9.17, 15) is 5.11 Å². The molecule has 2 rings (SSSR count). The van der Waals surface area contributed by atoms with Gasteiger partial charge >= 0.3 is 0 Å². The lowest BCUT2D eigenvalue weighted by Gasteiger charge is -2.22. The third kappa shape index (κ3) is 2.05. The minimum atomic E-state index is -0.303. The van der Waals surface area contributed by atoms with Crippen LogP contribution in [0.5, 0.6) is 0 Å². The molecule has 0 saturated heterocycles. The van der Waals surface area contributed by atoms with Gasteiger partial charge in [0.05, 0.1) is 6.10 Å². The van der Waals surface area contributed by atoms with Gasteiger partial charge in [0.1, 0.15) is 0 Å². The second-order valence-corrected chi connectivity index (χ2v) is 5.55. The van der Waals surface area contributed by atoms with Crippen molar-refractivity contribution < 1.29 is 5.11 Å². The van der Waals surface area contributed by atoms with Crippen molar-refractivity contribution in [1.82, 2.24) is 0 Å². The third-order valence-corrected chi connectivity index (χ3v) is 3.59. The van der Waals surface area contributed by atoms with E-state index in [1.54, 1.807) is 0 Å². The predicted molar refractivity (Wildman–Crippen MR) is 68.0 cm³/mol. The summed E-state index contributed by atoms with van der Waals surface area (Å²) in [6, 6.07) is 10.2. The Morgan fingerprint density at radius 3 is 2.38 bits per heavy atom. The second-order valence-electron chi connectivity index (χ2n) is 5.55. The van der Waals surface area contributed by atoms with E-state index in [0.717, 1.165) is 6.42 Å². The van der Waals surface area contributed by atoms with Crippen molar-refractivity contribution in [2.45, 2.75) is 33.3 Å². The van der Waals surface area contributed by atoms with Crippen LogP contribution < -0.4 is 0 Å². The van der Waals surface area contributed by atoms with Crippen LogP contribution in [0, 0.1) is 11.3 Å². The quantitative estimate of drug-likeness (QED) is 0.761. The Kier molecular flexibility index (Phi) is 2.90. The highest BCUT2D eigenvalue weighted by Gasteiger charge is 2.41. The predicted octanol–water partition coefficient (Wildman–Crippen LogP) is 3.50. The molecule has 0 radical (unpaired) electrons. The Labute approximate surface area is 97.8 Å². The van der Waals surface area contributed by atoms with Crippen LogP contribution >= 0.6 is 0 Å². The van der Waals surface area contributed by atoms with Gasteiger partial charge in [0.2, 0.25) is 0 Å². The van der Waals surface area contributed by atoms with Gasteiger partial charge < -0.3 is 5.11 Å². The molecular formula is C15H20O. The van der Waals surface area contributed by atoms with Gasteiger partial charge in [0.25, 0.3) is 0 Å². The van der Waals surface area contributed by atoms with E-state index in [1.807, 2.05) is 18.2 Å². The monoisotopic (exact) mass is 216 g/mol. The first kappa shape index (κ1) is 11.4. The molecule has 1 fully saturated rings. The Balaban J connectivity index is 2.32. The summed E-state index contributed by atoms with van der Waals surface area (Å²) in [5.74, 6) is 0.477. The van der Waals surface area contributed by atoms with Gasteiger partial charge in [-0.1, -0.05) is 57.2 Å². The summed E-state index contributed by atoms with van der Waals surface area (Å²) in [4.78, 5) is 0. The maximum Gasteiger partial charge on any atom is 0.0807 e. The summed E-state index contributed by atoms with van der Waals surface area (Å²) in [5, 5.41) is 10.3. The minimum absolute atomic E-state index is 0.0139. The highest BCUT2D eigenvalue weighted by atomic mass is 16.3. The van der Waals surface area contributed by atoms with Crippen molar-refractivity contribution in [2.24, 2.45) is 11.3 Å². The van der Waals surface area contributed by atoms with Crippen molar-refractivity contribution in [3.05, 3.63) is 41.5 Å². The van der Waals surface area contributed by atoms with Crippen molar-refractivity contribution in [3.8, 4) is 0 Å². The molecule has 86 valence electrons. The van der Waals surface area contributed by atoms with E-state index in [1.165, 1.54) is 11.1 Å². The zero-order valence-corrected chi connectivity index (χ0v) is 10.3. The van der Waals surface area contributed by atoms with Gasteiger partial charge in [-0.15, -0.1) is 0 Å². The number of aliphatic hydroxyl groups excluding tert-OH is 1. The fourth-order valence-corrected chi connectivity index (χ4v) is 2.70. The molecule has 16 heavy (non-hydrogen) atoms. The number of hydrogen-bond acceptors (Lipinski definition) is 1. The van der Waals surface area contributed by atoms with Crippen LogP contribution in [0.3, 0.4) is 0 Å². The van der Waals surface area contributed by atoms with Crippen LogP contribution in [-0.2, 0) is 0 Å². The molecule has 1 aromatic carbocycles. The first-order valence-electron chi connectivity index (χ1n) is 5.95. The molecule has 0 amide bonds. The average Bonchev–Trinajstić information content (AvgIpc) is 2.42. The van der Waals surface area contributed by atoms with Crippen molar-refractivity contribution in [2.75, 3.05) is 0 Å². The van der Waals surface area contributed by atoms with Crippen LogP contribution in [0.1, 0.15) is 32.8 Å². The van der Waals surface area contributed by atoms with Gasteiger partial charge in [-0.25, -0.2) is 0 Å². The molecule has 2 unspecified atom stereocenters. The summed E-state index contributed by atoms with van der Waals surface area (Å²) in [6.45, 7) is 6.48. The normalized spacial score (nSPS) is 30.9. The van der Waals surface area contributed by atoms with Crippen LogP contribution in [0.2, 0.25) is 0 Å². The molecule has 0 heterocycles. The summed E-state index contributed by atoms with van der Waals surface area (Å²) in [7, 11) is 0. The molecule has 1 heteroatoms. The first-order valence-corrected chi connectivity index (χ1v) is 5.95. The number of rotatable bonds is 1. The lowest BCUT2D eigenvalue weighted by atomic mass is 9.88. The van der Waals surface area contributed by atoms with Crippen molar-refractivity contribution in [3.63, 3.8) is 0 Å². The molecule has 0 aliphatic heterocycles. The highest BCUT2D eigenvalue weighted by molar-refractivity contribution is 5.55. The zero-order chi connectivity index (χ0) is 11.8. The van der Waals surface area contributed by atoms with E-state index in [4.69, 9.17) is 0 Å². The van der Waals surface area contributed by atoms with Gasteiger partial charge in [-0.05, 0) is 28.9 Å². The van der Waals surface area contributed by atoms with Crippen LogP contribution in [-0.4, -0.2) is 11.2 Å².